The molecule has 0 saturated carbocycles. The van der Waals surface area contributed by atoms with Crippen LogP contribution in [0.3, 0.4) is 0 Å². The Hall–Kier alpha value is -3.33. The van der Waals surface area contributed by atoms with Crippen LogP contribution in [-0.2, 0) is 6.18 Å². The lowest BCUT2D eigenvalue weighted by Gasteiger charge is -2.12. The van der Waals surface area contributed by atoms with E-state index in [-0.39, 0.29) is 22.9 Å². The molecule has 28 heavy (non-hydrogen) atoms. The SMILES string of the molecule is Nc1nc(-c2ccccc2C(F)(F)F)nc2n[nH]c(Nc3ccc(Cl)cc3)c12. The molecule has 4 N–H and O–H groups in total. The van der Waals surface area contributed by atoms with Gasteiger partial charge in [-0.3, -0.25) is 5.10 Å². The van der Waals surface area contributed by atoms with Gasteiger partial charge in [0.05, 0.1) is 5.56 Å². The zero-order valence-corrected chi connectivity index (χ0v) is 14.8. The number of anilines is 3. The van der Waals surface area contributed by atoms with E-state index >= 15 is 0 Å². The van der Waals surface area contributed by atoms with Crippen LogP contribution in [0.15, 0.2) is 48.5 Å². The van der Waals surface area contributed by atoms with Crippen LogP contribution in [0.25, 0.3) is 22.4 Å². The van der Waals surface area contributed by atoms with E-state index in [1.807, 2.05) is 0 Å². The lowest BCUT2D eigenvalue weighted by molar-refractivity contribution is -0.137. The van der Waals surface area contributed by atoms with E-state index in [9.17, 15) is 13.2 Å². The first-order valence-electron chi connectivity index (χ1n) is 8.03. The Bertz CT molecular complexity index is 1150. The van der Waals surface area contributed by atoms with Gasteiger partial charge in [0, 0.05) is 16.3 Å². The number of alkyl halides is 3. The van der Waals surface area contributed by atoms with Crippen LogP contribution in [0, 0.1) is 0 Å². The van der Waals surface area contributed by atoms with Gasteiger partial charge in [0.25, 0.3) is 0 Å². The fourth-order valence-electron chi connectivity index (χ4n) is 2.77. The molecule has 0 unspecified atom stereocenters. The molecule has 0 atom stereocenters. The number of rotatable bonds is 3. The third-order valence-electron chi connectivity index (χ3n) is 4.03. The minimum absolute atomic E-state index is 0.00203. The van der Waals surface area contributed by atoms with Crippen molar-refractivity contribution >= 4 is 40.0 Å². The van der Waals surface area contributed by atoms with Crippen molar-refractivity contribution in [2.24, 2.45) is 0 Å². The van der Waals surface area contributed by atoms with Crippen LogP contribution >= 0.6 is 11.6 Å². The fraction of sp³-hybridized carbons (Fsp3) is 0.0556. The van der Waals surface area contributed by atoms with Gasteiger partial charge in [-0.25, -0.2) is 9.97 Å². The summed E-state index contributed by atoms with van der Waals surface area (Å²) in [5, 5.41) is 10.8. The van der Waals surface area contributed by atoms with Crippen molar-refractivity contribution in [3.8, 4) is 11.4 Å². The molecular weight excluding hydrogens is 393 g/mol. The van der Waals surface area contributed by atoms with E-state index in [2.05, 4.69) is 25.5 Å². The highest BCUT2D eigenvalue weighted by Crippen LogP contribution is 2.37. The van der Waals surface area contributed by atoms with Crippen molar-refractivity contribution in [3.05, 3.63) is 59.1 Å². The lowest BCUT2D eigenvalue weighted by Crippen LogP contribution is -2.08. The number of nitrogen functional groups attached to an aromatic ring is 1. The predicted molar refractivity (Wildman–Crippen MR) is 101 cm³/mol. The Balaban J connectivity index is 1.78. The molecule has 10 heteroatoms. The van der Waals surface area contributed by atoms with Gasteiger partial charge in [0.2, 0.25) is 0 Å². The number of hydrogen-bond acceptors (Lipinski definition) is 5. The average molecular weight is 405 g/mol. The van der Waals surface area contributed by atoms with E-state index in [4.69, 9.17) is 17.3 Å². The molecule has 0 saturated heterocycles. The minimum atomic E-state index is -4.55. The van der Waals surface area contributed by atoms with Crippen molar-refractivity contribution in [2.45, 2.75) is 6.18 Å². The van der Waals surface area contributed by atoms with E-state index in [1.54, 1.807) is 24.3 Å². The Morgan fingerprint density at radius 1 is 1.00 bits per heavy atom. The predicted octanol–water partition coefficient (Wildman–Crippen LogP) is 5.02. The summed E-state index contributed by atoms with van der Waals surface area (Å²) in [7, 11) is 0. The Morgan fingerprint density at radius 2 is 1.71 bits per heavy atom. The summed E-state index contributed by atoms with van der Waals surface area (Å²) in [4.78, 5) is 8.24. The third kappa shape index (κ3) is 3.31. The monoisotopic (exact) mass is 404 g/mol. The average Bonchev–Trinajstić information content (AvgIpc) is 3.06. The quantitative estimate of drug-likeness (QED) is 0.446. The molecule has 2 heterocycles. The summed E-state index contributed by atoms with van der Waals surface area (Å²) < 4.78 is 39.9. The van der Waals surface area contributed by atoms with Gasteiger partial charge in [-0.15, -0.1) is 0 Å². The molecule has 0 aliphatic carbocycles. The smallest absolute Gasteiger partial charge is 0.383 e. The van der Waals surface area contributed by atoms with Crippen molar-refractivity contribution in [1.29, 1.82) is 0 Å². The molecule has 4 aromatic rings. The van der Waals surface area contributed by atoms with Gasteiger partial charge in [-0.2, -0.15) is 18.3 Å². The van der Waals surface area contributed by atoms with Crippen LogP contribution in [-0.4, -0.2) is 20.2 Å². The molecule has 4 rings (SSSR count). The topological polar surface area (TPSA) is 92.5 Å². The molecule has 0 aliphatic heterocycles. The molecule has 2 aromatic heterocycles. The Kier molecular flexibility index (Phi) is 4.31. The minimum Gasteiger partial charge on any atom is -0.383 e. The molecule has 2 aromatic carbocycles. The van der Waals surface area contributed by atoms with Crippen molar-refractivity contribution in [2.75, 3.05) is 11.1 Å². The number of H-pyrrole nitrogens is 1. The summed E-state index contributed by atoms with van der Waals surface area (Å²) in [6.07, 6.45) is -4.55. The molecule has 0 aliphatic rings. The third-order valence-corrected chi connectivity index (χ3v) is 4.28. The summed E-state index contributed by atoms with van der Waals surface area (Å²) in [5.41, 5.74) is 5.87. The van der Waals surface area contributed by atoms with Crippen LogP contribution in [0.1, 0.15) is 5.56 Å². The number of nitrogens with one attached hydrogen (secondary N) is 2. The van der Waals surface area contributed by atoms with E-state index in [0.29, 0.717) is 21.9 Å². The summed E-state index contributed by atoms with van der Waals surface area (Å²) in [6, 6.07) is 12.0. The number of aromatic nitrogens is 4. The first-order chi connectivity index (χ1) is 13.3. The number of benzene rings is 2. The second-order valence-electron chi connectivity index (χ2n) is 5.90. The van der Waals surface area contributed by atoms with Crippen molar-refractivity contribution in [1.82, 2.24) is 20.2 Å². The highest BCUT2D eigenvalue weighted by atomic mass is 35.5. The van der Waals surface area contributed by atoms with Gasteiger partial charge < -0.3 is 11.1 Å². The zero-order valence-electron chi connectivity index (χ0n) is 14.0. The summed E-state index contributed by atoms with van der Waals surface area (Å²) in [5.74, 6) is 0.273. The molecule has 6 nitrogen and oxygen atoms in total. The number of aromatic amines is 1. The molecule has 0 bridgehead atoms. The summed E-state index contributed by atoms with van der Waals surface area (Å²) in [6.45, 7) is 0. The van der Waals surface area contributed by atoms with Crippen LogP contribution in [0.4, 0.5) is 30.5 Å². The van der Waals surface area contributed by atoms with Gasteiger partial charge in [0.15, 0.2) is 11.5 Å². The number of nitrogens with zero attached hydrogens (tertiary/aromatic N) is 3. The van der Waals surface area contributed by atoms with Crippen LogP contribution < -0.4 is 11.1 Å². The zero-order chi connectivity index (χ0) is 19.9. The summed E-state index contributed by atoms with van der Waals surface area (Å²) >= 11 is 5.87. The molecular formula is C18H12ClF3N6. The van der Waals surface area contributed by atoms with Gasteiger partial charge in [-0.1, -0.05) is 29.8 Å². The van der Waals surface area contributed by atoms with E-state index in [1.165, 1.54) is 18.2 Å². The number of nitrogens with two attached hydrogens (primary N) is 1. The van der Waals surface area contributed by atoms with Crippen LogP contribution in [0.5, 0.6) is 0 Å². The molecule has 142 valence electrons. The standard InChI is InChI=1S/C18H12ClF3N6/c19-9-5-7-10(8-6-9)24-16-13-14(23)25-15(26-17(13)28-27-16)11-3-1-2-4-12(11)18(20,21)22/h1-8H,(H4,23,24,25,26,27,28). The second kappa shape index (κ2) is 6.68. The Labute approximate surface area is 161 Å². The first kappa shape index (κ1) is 18.1. The largest absolute Gasteiger partial charge is 0.417 e. The van der Waals surface area contributed by atoms with E-state index in [0.717, 1.165) is 6.07 Å². The highest BCUT2D eigenvalue weighted by molar-refractivity contribution is 6.30. The fourth-order valence-corrected chi connectivity index (χ4v) is 2.89. The lowest BCUT2D eigenvalue weighted by atomic mass is 10.1. The van der Waals surface area contributed by atoms with Crippen molar-refractivity contribution < 1.29 is 13.2 Å². The normalized spacial score (nSPS) is 11.7. The number of hydrogen-bond donors (Lipinski definition) is 3. The number of fused-ring (bicyclic) bond motifs is 1. The maximum Gasteiger partial charge on any atom is 0.417 e. The maximum absolute atomic E-state index is 13.3. The number of halogens is 4. The first-order valence-corrected chi connectivity index (χ1v) is 8.41. The molecule has 0 radical (unpaired) electrons. The van der Waals surface area contributed by atoms with Gasteiger partial charge in [0.1, 0.15) is 17.0 Å². The Morgan fingerprint density at radius 3 is 2.43 bits per heavy atom. The van der Waals surface area contributed by atoms with Gasteiger partial charge in [-0.05, 0) is 30.3 Å². The van der Waals surface area contributed by atoms with Crippen LogP contribution in [0.2, 0.25) is 5.02 Å². The maximum atomic E-state index is 13.3. The molecule has 0 spiro atoms. The molecule has 0 fully saturated rings. The second-order valence-corrected chi connectivity index (χ2v) is 6.34. The highest BCUT2D eigenvalue weighted by Gasteiger charge is 2.34. The van der Waals surface area contributed by atoms with E-state index < -0.39 is 11.7 Å². The van der Waals surface area contributed by atoms with Gasteiger partial charge >= 0.3 is 6.18 Å². The van der Waals surface area contributed by atoms with Crippen molar-refractivity contribution in [3.63, 3.8) is 0 Å². The molecule has 0 amide bonds.